The number of anilines is 1. The van der Waals surface area contributed by atoms with Gasteiger partial charge >= 0.3 is 0 Å². The molecule has 0 aliphatic carbocycles. The molecule has 2 aromatic carbocycles. The number of benzene rings is 2. The van der Waals surface area contributed by atoms with Crippen LogP contribution in [0.1, 0.15) is 20.8 Å². The molecule has 152 valence electrons. The molecule has 7 heteroatoms. The molecule has 2 amide bonds. The number of hydrogen-bond donors (Lipinski definition) is 0. The van der Waals surface area contributed by atoms with Gasteiger partial charge in [-0.25, -0.2) is 0 Å². The summed E-state index contributed by atoms with van der Waals surface area (Å²) in [6.45, 7) is 0.991. The fourth-order valence-electron chi connectivity index (χ4n) is 4.18. The van der Waals surface area contributed by atoms with Crippen molar-refractivity contribution in [2.75, 3.05) is 24.3 Å². The number of methoxy groups -OCH3 is 1. The Balaban J connectivity index is 1.63. The van der Waals surface area contributed by atoms with Gasteiger partial charge in [-0.15, -0.1) is 23.1 Å². The van der Waals surface area contributed by atoms with Gasteiger partial charge in [0.2, 0.25) is 0 Å². The quantitative estimate of drug-likeness (QED) is 0.610. The molecule has 30 heavy (non-hydrogen) atoms. The highest BCUT2D eigenvalue weighted by atomic mass is 32.2. The molecule has 1 aromatic heterocycles. The molecule has 5 nitrogen and oxygen atoms in total. The lowest BCUT2D eigenvalue weighted by atomic mass is 10.0. The van der Waals surface area contributed by atoms with Crippen LogP contribution >= 0.6 is 23.1 Å². The summed E-state index contributed by atoms with van der Waals surface area (Å²) in [4.78, 5) is 30.5. The van der Waals surface area contributed by atoms with Crippen LogP contribution < -0.4 is 9.64 Å². The van der Waals surface area contributed by atoms with Crippen LogP contribution in [0.3, 0.4) is 0 Å². The molecule has 1 atom stereocenters. The van der Waals surface area contributed by atoms with Crippen molar-refractivity contribution in [1.82, 2.24) is 4.90 Å². The van der Waals surface area contributed by atoms with E-state index in [1.807, 2.05) is 66.0 Å². The summed E-state index contributed by atoms with van der Waals surface area (Å²) in [6, 6.07) is 19.3. The van der Waals surface area contributed by atoms with Gasteiger partial charge in [0.25, 0.3) is 11.8 Å². The van der Waals surface area contributed by atoms with Gasteiger partial charge in [-0.3, -0.25) is 9.59 Å². The van der Waals surface area contributed by atoms with Crippen LogP contribution in [0.25, 0.3) is 0 Å². The first-order chi connectivity index (χ1) is 14.6. The van der Waals surface area contributed by atoms with Crippen molar-refractivity contribution in [2.45, 2.75) is 11.4 Å². The topological polar surface area (TPSA) is 49.9 Å². The molecule has 0 bridgehead atoms. The van der Waals surface area contributed by atoms with Crippen molar-refractivity contribution in [3.63, 3.8) is 0 Å². The highest BCUT2D eigenvalue weighted by Crippen LogP contribution is 2.55. The van der Waals surface area contributed by atoms with Crippen molar-refractivity contribution in [2.24, 2.45) is 0 Å². The number of fused-ring (bicyclic) bond motifs is 2. The maximum absolute atomic E-state index is 13.9. The number of rotatable bonds is 4. The van der Waals surface area contributed by atoms with Crippen molar-refractivity contribution in [3.05, 3.63) is 82.0 Å². The van der Waals surface area contributed by atoms with E-state index in [2.05, 4.69) is 0 Å². The normalized spacial score (nSPS) is 20.1. The van der Waals surface area contributed by atoms with Crippen LogP contribution in [0, 0.1) is 0 Å². The molecule has 3 heterocycles. The Labute approximate surface area is 183 Å². The molecule has 2 aliphatic rings. The number of thiophene rings is 1. The Hall–Kier alpha value is -2.77. The lowest BCUT2D eigenvalue weighted by Crippen LogP contribution is -2.50. The molecule has 1 spiro atoms. The van der Waals surface area contributed by atoms with Crippen molar-refractivity contribution in [1.29, 1.82) is 0 Å². The van der Waals surface area contributed by atoms with Gasteiger partial charge in [-0.1, -0.05) is 36.4 Å². The Morgan fingerprint density at radius 2 is 1.97 bits per heavy atom. The van der Waals surface area contributed by atoms with E-state index in [1.165, 1.54) is 23.1 Å². The van der Waals surface area contributed by atoms with Crippen LogP contribution in [0.5, 0.6) is 5.75 Å². The third-order valence-corrected chi connectivity index (χ3v) is 7.84. The van der Waals surface area contributed by atoms with Gasteiger partial charge in [0, 0.05) is 17.9 Å². The first kappa shape index (κ1) is 19.2. The average Bonchev–Trinajstić information content (AvgIpc) is 3.51. The van der Waals surface area contributed by atoms with E-state index < -0.39 is 4.87 Å². The number of carbonyl (C=O) groups excluding carboxylic acids is 2. The smallest absolute Gasteiger partial charge is 0.268 e. The molecular weight excluding hydrogens is 416 g/mol. The highest BCUT2D eigenvalue weighted by Gasteiger charge is 2.59. The summed E-state index contributed by atoms with van der Waals surface area (Å²) in [5, 5.41) is 1.89. The Morgan fingerprint density at radius 1 is 1.13 bits per heavy atom. The van der Waals surface area contributed by atoms with E-state index in [-0.39, 0.29) is 11.8 Å². The Morgan fingerprint density at radius 3 is 2.70 bits per heavy atom. The first-order valence-electron chi connectivity index (χ1n) is 9.69. The summed E-state index contributed by atoms with van der Waals surface area (Å²) >= 11 is 2.94. The second-order valence-electron chi connectivity index (χ2n) is 7.19. The van der Waals surface area contributed by atoms with Crippen LogP contribution in [0.4, 0.5) is 5.69 Å². The van der Waals surface area contributed by atoms with Crippen LogP contribution in [-0.2, 0) is 16.2 Å². The molecule has 0 saturated carbocycles. The van der Waals surface area contributed by atoms with E-state index in [4.69, 9.17) is 4.74 Å². The minimum absolute atomic E-state index is 0.0676. The molecular formula is C23H20N2O3S2. The summed E-state index contributed by atoms with van der Waals surface area (Å²) < 4.78 is 5.46. The van der Waals surface area contributed by atoms with E-state index in [0.29, 0.717) is 29.5 Å². The molecule has 5 rings (SSSR count). The fourth-order valence-corrected chi connectivity index (χ4v) is 6.30. The van der Waals surface area contributed by atoms with Gasteiger partial charge in [0.05, 0.1) is 24.2 Å². The zero-order valence-electron chi connectivity index (χ0n) is 16.4. The number of ether oxygens (including phenoxy) is 1. The molecule has 0 N–H and O–H groups in total. The number of thioether (sulfide) groups is 1. The third-order valence-electron chi connectivity index (χ3n) is 5.56. The summed E-state index contributed by atoms with van der Waals surface area (Å²) in [6.07, 6.45) is 0. The maximum Gasteiger partial charge on any atom is 0.268 e. The molecule has 1 unspecified atom stereocenters. The SMILES string of the molecule is COc1ccc2c(c1)C1(SCCN1C(=O)c1cccs1)C(=O)N2Cc1ccccc1. The fraction of sp³-hybridized carbons (Fsp3) is 0.217. The molecule has 0 radical (unpaired) electrons. The van der Waals surface area contributed by atoms with Crippen LogP contribution in [-0.4, -0.2) is 36.1 Å². The van der Waals surface area contributed by atoms with E-state index in [0.717, 1.165) is 16.8 Å². The average molecular weight is 437 g/mol. The zero-order valence-corrected chi connectivity index (χ0v) is 18.0. The van der Waals surface area contributed by atoms with Gasteiger partial charge in [0.15, 0.2) is 4.87 Å². The van der Waals surface area contributed by atoms with Crippen molar-refractivity contribution in [3.8, 4) is 5.75 Å². The molecule has 2 aliphatic heterocycles. The lowest BCUT2D eigenvalue weighted by molar-refractivity contribution is -0.123. The summed E-state index contributed by atoms with van der Waals surface area (Å²) in [5.41, 5.74) is 2.71. The largest absolute Gasteiger partial charge is 0.497 e. The van der Waals surface area contributed by atoms with Gasteiger partial charge < -0.3 is 14.5 Å². The van der Waals surface area contributed by atoms with Crippen molar-refractivity contribution < 1.29 is 14.3 Å². The number of carbonyl (C=O) groups is 2. The van der Waals surface area contributed by atoms with E-state index in [1.54, 1.807) is 16.9 Å². The minimum Gasteiger partial charge on any atom is -0.497 e. The number of hydrogen-bond acceptors (Lipinski definition) is 5. The van der Waals surface area contributed by atoms with Gasteiger partial charge in [-0.05, 0) is 35.2 Å². The standard InChI is InChI=1S/C23H20N2O3S2/c1-28-17-9-10-19-18(14-17)23(22(27)24(19)15-16-6-3-2-4-7-16)25(11-13-30-23)21(26)20-8-5-12-29-20/h2-10,12,14H,11,13,15H2,1H3. The highest BCUT2D eigenvalue weighted by molar-refractivity contribution is 8.01. The second-order valence-corrected chi connectivity index (χ2v) is 9.42. The predicted molar refractivity (Wildman–Crippen MR) is 120 cm³/mol. The first-order valence-corrected chi connectivity index (χ1v) is 11.6. The third kappa shape index (κ3) is 2.84. The van der Waals surface area contributed by atoms with E-state index in [9.17, 15) is 9.59 Å². The zero-order chi connectivity index (χ0) is 20.7. The number of amides is 2. The van der Waals surface area contributed by atoms with Crippen molar-refractivity contribution >= 4 is 40.6 Å². The van der Waals surface area contributed by atoms with Gasteiger partial charge in [-0.2, -0.15) is 0 Å². The monoisotopic (exact) mass is 436 g/mol. The number of nitrogens with zero attached hydrogens (tertiary/aromatic N) is 2. The second kappa shape index (κ2) is 7.49. The lowest BCUT2D eigenvalue weighted by Gasteiger charge is -2.33. The van der Waals surface area contributed by atoms with Crippen LogP contribution in [0.15, 0.2) is 66.0 Å². The Kier molecular flexibility index (Phi) is 4.79. The van der Waals surface area contributed by atoms with Gasteiger partial charge in [0.1, 0.15) is 5.75 Å². The summed E-state index contributed by atoms with van der Waals surface area (Å²) in [5.74, 6) is 1.22. The summed E-state index contributed by atoms with van der Waals surface area (Å²) in [7, 11) is 1.61. The molecule has 1 saturated heterocycles. The molecule has 3 aromatic rings. The van der Waals surface area contributed by atoms with E-state index >= 15 is 0 Å². The predicted octanol–water partition coefficient (Wildman–Crippen LogP) is 4.35. The molecule has 1 fully saturated rings. The van der Waals surface area contributed by atoms with Crippen LogP contribution in [0.2, 0.25) is 0 Å². The minimum atomic E-state index is -1.06. The Bertz CT molecular complexity index is 1100. The maximum atomic E-state index is 13.9.